The average Bonchev–Trinajstić information content (AvgIpc) is 3.25. The van der Waals surface area contributed by atoms with Gasteiger partial charge in [0.2, 0.25) is 5.91 Å². The number of hydrogen-bond donors (Lipinski definition) is 1. The van der Waals surface area contributed by atoms with E-state index in [0.717, 1.165) is 12.1 Å². The van der Waals surface area contributed by atoms with Gasteiger partial charge in [-0.05, 0) is 43.2 Å². The second kappa shape index (κ2) is 6.62. The lowest BCUT2D eigenvalue weighted by Crippen LogP contribution is -2.43. The van der Waals surface area contributed by atoms with E-state index < -0.39 is 29.6 Å². The molecule has 8 heteroatoms. The van der Waals surface area contributed by atoms with Crippen molar-refractivity contribution in [2.45, 2.75) is 25.1 Å². The molecule has 1 aliphatic heterocycles. The summed E-state index contributed by atoms with van der Waals surface area (Å²) in [7, 11) is 0. The van der Waals surface area contributed by atoms with Crippen molar-refractivity contribution in [3.8, 4) is 0 Å². The Hall–Kier alpha value is -2.77. The number of hydrogen-bond acceptors (Lipinski definition) is 3. The maximum Gasteiger partial charge on any atom is 0.416 e. The van der Waals surface area contributed by atoms with Crippen molar-refractivity contribution in [1.29, 1.82) is 0 Å². The van der Waals surface area contributed by atoms with E-state index in [1.54, 1.807) is 6.07 Å². The zero-order valence-corrected chi connectivity index (χ0v) is 13.0. The third-order valence-corrected chi connectivity index (χ3v) is 4.01. The number of furan rings is 1. The van der Waals surface area contributed by atoms with Crippen LogP contribution in [0.4, 0.5) is 18.9 Å². The summed E-state index contributed by atoms with van der Waals surface area (Å²) in [5.74, 6) is -0.804. The standard InChI is InChI=1S/C17H15F3N2O3/c18-17(19,20)11-4-1-5-12(10-11)21-15(23)13-6-2-8-22(13)16(24)14-7-3-9-25-14/h1,3-5,7,9-10,13H,2,6,8H2,(H,21,23). The Bertz CT molecular complexity index is 772. The molecule has 1 atom stereocenters. The molecule has 1 aliphatic rings. The third kappa shape index (κ3) is 3.67. The quantitative estimate of drug-likeness (QED) is 0.919. The summed E-state index contributed by atoms with van der Waals surface area (Å²) >= 11 is 0. The fraction of sp³-hybridized carbons (Fsp3) is 0.294. The van der Waals surface area contributed by atoms with E-state index >= 15 is 0 Å². The Morgan fingerprint density at radius 3 is 2.68 bits per heavy atom. The molecule has 0 bridgehead atoms. The first-order chi connectivity index (χ1) is 11.9. The number of amides is 2. The van der Waals surface area contributed by atoms with Crippen LogP contribution < -0.4 is 5.32 Å². The predicted octanol–water partition coefficient (Wildman–Crippen LogP) is 3.54. The molecule has 1 unspecified atom stereocenters. The number of rotatable bonds is 3. The van der Waals surface area contributed by atoms with E-state index in [9.17, 15) is 22.8 Å². The molecule has 1 aromatic carbocycles. The Kier molecular flexibility index (Phi) is 4.52. The number of anilines is 1. The summed E-state index contributed by atoms with van der Waals surface area (Å²) in [4.78, 5) is 26.2. The second-order valence-electron chi connectivity index (χ2n) is 5.70. The van der Waals surface area contributed by atoms with Gasteiger partial charge < -0.3 is 14.6 Å². The number of benzene rings is 1. The maximum absolute atomic E-state index is 12.8. The van der Waals surface area contributed by atoms with Crippen LogP contribution in [-0.4, -0.2) is 29.3 Å². The number of carbonyl (C=O) groups is 2. The first kappa shape index (κ1) is 17.1. The van der Waals surface area contributed by atoms with Crippen LogP contribution >= 0.6 is 0 Å². The van der Waals surface area contributed by atoms with Gasteiger partial charge >= 0.3 is 6.18 Å². The molecule has 1 N–H and O–H groups in total. The van der Waals surface area contributed by atoms with Gasteiger partial charge in [0.1, 0.15) is 6.04 Å². The van der Waals surface area contributed by atoms with Crippen molar-refractivity contribution in [2.75, 3.05) is 11.9 Å². The Balaban J connectivity index is 1.73. The molecule has 0 saturated carbocycles. The molecule has 2 amide bonds. The molecule has 3 rings (SSSR count). The maximum atomic E-state index is 12.8. The van der Waals surface area contributed by atoms with E-state index in [4.69, 9.17) is 4.42 Å². The first-order valence-electron chi connectivity index (χ1n) is 7.69. The summed E-state index contributed by atoms with van der Waals surface area (Å²) in [5, 5.41) is 2.46. The molecule has 2 aromatic rings. The molecule has 25 heavy (non-hydrogen) atoms. The van der Waals surface area contributed by atoms with Gasteiger partial charge in [0, 0.05) is 12.2 Å². The van der Waals surface area contributed by atoms with E-state index in [0.29, 0.717) is 19.4 Å². The molecule has 0 spiro atoms. The summed E-state index contributed by atoms with van der Waals surface area (Å²) in [6, 6.07) is 6.72. The van der Waals surface area contributed by atoms with Crippen molar-refractivity contribution in [2.24, 2.45) is 0 Å². The summed E-state index contributed by atoms with van der Waals surface area (Å²) in [6.07, 6.45) is -2.05. The molecule has 0 aliphatic carbocycles. The molecular weight excluding hydrogens is 337 g/mol. The number of halogens is 3. The van der Waals surface area contributed by atoms with Crippen molar-refractivity contribution in [1.82, 2.24) is 4.90 Å². The highest BCUT2D eigenvalue weighted by Gasteiger charge is 2.36. The van der Waals surface area contributed by atoms with Crippen LogP contribution in [0, 0.1) is 0 Å². The highest BCUT2D eigenvalue weighted by Crippen LogP contribution is 2.31. The van der Waals surface area contributed by atoms with Crippen LogP contribution in [0.5, 0.6) is 0 Å². The van der Waals surface area contributed by atoms with Crippen LogP contribution in [0.1, 0.15) is 29.0 Å². The third-order valence-electron chi connectivity index (χ3n) is 4.01. The van der Waals surface area contributed by atoms with Crippen molar-refractivity contribution < 1.29 is 27.2 Å². The van der Waals surface area contributed by atoms with E-state index in [-0.39, 0.29) is 11.4 Å². The van der Waals surface area contributed by atoms with Gasteiger partial charge in [-0.2, -0.15) is 13.2 Å². The normalized spacial score (nSPS) is 17.6. The number of nitrogens with one attached hydrogen (secondary N) is 1. The molecule has 1 saturated heterocycles. The van der Waals surface area contributed by atoms with Gasteiger partial charge in [-0.15, -0.1) is 0 Å². The van der Waals surface area contributed by atoms with Crippen LogP contribution in [0.2, 0.25) is 0 Å². The highest BCUT2D eigenvalue weighted by molar-refractivity contribution is 6.00. The fourth-order valence-corrected chi connectivity index (χ4v) is 2.82. The van der Waals surface area contributed by atoms with E-state index in [2.05, 4.69) is 5.32 Å². The van der Waals surface area contributed by atoms with E-state index in [1.165, 1.54) is 29.4 Å². The van der Waals surface area contributed by atoms with Gasteiger partial charge in [-0.1, -0.05) is 6.07 Å². The second-order valence-corrected chi connectivity index (χ2v) is 5.70. The SMILES string of the molecule is O=C(Nc1cccc(C(F)(F)F)c1)C1CCCN1C(=O)c1ccco1. The first-order valence-corrected chi connectivity index (χ1v) is 7.69. The average molecular weight is 352 g/mol. The fourth-order valence-electron chi connectivity index (χ4n) is 2.82. The summed E-state index contributed by atoms with van der Waals surface area (Å²) in [6.45, 7) is 0.389. The Morgan fingerprint density at radius 2 is 2.00 bits per heavy atom. The molecule has 132 valence electrons. The zero-order valence-electron chi connectivity index (χ0n) is 13.0. The minimum absolute atomic E-state index is 0.0390. The molecular formula is C17H15F3N2O3. The molecule has 2 heterocycles. The van der Waals surface area contributed by atoms with Gasteiger partial charge in [-0.3, -0.25) is 9.59 Å². The van der Waals surface area contributed by atoms with E-state index in [1.807, 2.05) is 0 Å². The molecule has 1 aromatic heterocycles. The van der Waals surface area contributed by atoms with Crippen molar-refractivity contribution >= 4 is 17.5 Å². The monoisotopic (exact) mass is 352 g/mol. The number of carbonyl (C=O) groups excluding carboxylic acids is 2. The Morgan fingerprint density at radius 1 is 1.20 bits per heavy atom. The van der Waals surface area contributed by atoms with Crippen LogP contribution in [0.15, 0.2) is 47.1 Å². The predicted molar refractivity (Wildman–Crippen MR) is 82.8 cm³/mol. The minimum atomic E-state index is -4.49. The van der Waals surface area contributed by atoms with Crippen molar-refractivity contribution in [3.63, 3.8) is 0 Å². The number of likely N-dealkylation sites (tertiary alicyclic amines) is 1. The summed E-state index contributed by atoms with van der Waals surface area (Å²) < 4.78 is 43.3. The Labute approximate surface area is 141 Å². The lowest BCUT2D eigenvalue weighted by Gasteiger charge is -2.23. The van der Waals surface area contributed by atoms with Crippen LogP contribution in [0.25, 0.3) is 0 Å². The van der Waals surface area contributed by atoms with Gasteiger partial charge in [0.25, 0.3) is 5.91 Å². The topological polar surface area (TPSA) is 62.6 Å². The minimum Gasteiger partial charge on any atom is -0.459 e. The summed E-state index contributed by atoms with van der Waals surface area (Å²) in [5.41, 5.74) is -0.808. The van der Waals surface area contributed by atoms with Gasteiger partial charge in [0.15, 0.2) is 5.76 Å². The van der Waals surface area contributed by atoms with Gasteiger partial charge in [0.05, 0.1) is 11.8 Å². The molecule has 1 fully saturated rings. The largest absolute Gasteiger partial charge is 0.459 e. The molecule has 5 nitrogen and oxygen atoms in total. The van der Waals surface area contributed by atoms with Crippen LogP contribution in [0.3, 0.4) is 0 Å². The number of alkyl halides is 3. The zero-order chi connectivity index (χ0) is 18.0. The van der Waals surface area contributed by atoms with Crippen molar-refractivity contribution in [3.05, 3.63) is 54.0 Å². The van der Waals surface area contributed by atoms with Gasteiger partial charge in [-0.25, -0.2) is 0 Å². The number of nitrogens with zero attached hydrogens (tertiary/aromatic N) is 1. The smallest absolute Gasteiger partial charge is 0.416 e. The lowest BCUT2D eigenvalue weighted by atomic mass is 10.1. The lowest BCUT2D eigenvalue weighted by molar-refractivity contribution is -0.137. The molecule has 0 radical (unpaired) electrons. The van der Waals surface area contributed by atoms with Crippen LogP contribution in [-0.2, 0) is 11.0 Å². The highest BCUT2D eigenvalue weighted by atomic mass is 19.4.